The molecule has 3 atom stereocenters. The zero-order valence-corrected chi connectivity index (χ0v) is 9.78. The molecule has 0 saturated carbocycles. The van der Waals surface area contributed by atoms with Gasteiger partial charge < -0.3 is 0 Å². The second-order valence-electron chi connectivity index (χ2n) is 4.75. The maximum Gasteiger partial charge on any atom is 0.151 e. The molecular formula is C13H14ClNO. The molecule has 2 aliphatic rings. The normalized spacial score (nSPS) is 33.1. The topological polar surface area (TPSA) is 20.3 Å². The molecule has 3 heteroatoms. The Morgan fingerprint density at radius 2 is 1.94 bits per heavy atom. The highest BCUT2D eigenvalue weighted by molar-refractivity contribution is 6.30. The van der Waals surface area contributed by atoms with Crippen LogP contribution in [0.15, 0.2) is 24.3 Å². The monoisotopic (exact) mass is 235 g/mol. The molecule has 2 fully saturated rings. The molecule has 3 rings (SSSR count). The minimum absolute atomic E-state index is 0.218. The van der Waals surface area contributed by atoms with E-state index < -0.39 is 0 Å². The maximum absolute atomic E-state index is 11.8. The van der Waals surface area contributed by atoms with Crippen LogP contribution in [0, 0.1) is 5.92 Å². The van der Waals surface area contributed by atoms with E-state index in [2.05, 4.69) is 17.0 Å². The smallest absolute Gasteiger partial charge is 0.151 e. The molecule has 2 bridgehead atoms. The number of hydrogen-bond donors (Lipinski definition) is 0. The predicted molar refractivity (Wildman–Crippen MR) is 63.7 cm³/mol. The number of fused-ring (bicyclic) bond motifs is 2. The molecule has 1 aromatic rings. The summed E-state index contributed by atoms with van der Waals surface area (Å²) in [6.07, 6.45) is 1.10. The summed E-state index contributed by atoms with van der Waals surface area (Å²) in [7, 11) is 0. The second kappa shape index (κ2) is 3.86. The molecule has 0 N–H and O–H groups in total. The zero-order chi connectivity index (χ0) is 11.1. The summed E-state index contributed by atoms with van der Waals surface area (Å²) in [5.74, 6) is 1.04. The summed E-state index contributed by atoms with van der Waals surface area (Å²) in [6, 6.07) is 7.97. The fourth-order valence-electron chi connectivity index (χ4n) is 2.94. The highest BCUT2D eigenvalue weighted by Gasteiger charge is 2.40. The summed E-state index contributed by atoms with van der Waals surface area (Å²) >= 11 is 5.88. The Kier molecular flexibility index (Phi) is 2.49. The van der Waals surface area contributed by atoms with Crippen LogP contribution in [0.2, 0.25) is 5.02 Å². The largest absolute Gasteiger partial charge is 0.298 e. The fraction of sp³-hybridized carbons (Fsp3) is 0.462. The zero-order valence-electron chi connectivity index (χ0n) is 9.03. The van der Waals surface area contributed by atoms with Crippen molar-refractivity contribution in [2.45, 2.75) is 12.3 Å². The number of carbonyl (C=O) groups excluding carboxylic acids is 1. The SMILES string of the molecule is O=C1CN2CCC(c3ccc(Cl)cc3)C1C2. The van der Waals surface area contributed by atoms with E-state index in [1.54, 1.807) is 0 Å². The summed E-state index contributed by atoms with van der Waals surface area (Å²) in [5, 5.41) is 0.763. The standard InChI is InChI=1S/C13H14ClNO/c14-10-3-1-9(2-4-10)11-5-6-15-7-12(11)13(16)8-15/h1-4,11-12H,5-8H2. The van der Waals surface area contributed by atoms with Crippen molar-refractivity contribution >= 4 is 17.4 Å². The molecule has 3 unspecified atom stereocenters. The molecule has 0 aromatic heterocycles. The molecule has 2 aliphatic heterocycles. The van der Waals surface area contributed by atoms with Gasteiger partial charge in [-0.1, -0.05) is 23.7 Å². The van der Waals surface area contributed by atoms with Crippen LogP contribution >= 0.6 is 11.6 Å². The third kappa shape index (κ3) is 1.66. The fourth-order valence-corrected chi connectivity index (χ4v) is 3.06. The third-order valence-electron chi connectivity index (χ3n) is 3.79. The third-order valence-corrected chi connectivity index (χ3v) is 4.04. The number of piperidine rings is 1. The van der Waals surface area contributed by atoms with E-state index in [1.807, 2.05) is 12.1 Å². The number of nitrogens with zero attached hydrogens (tertiary/aromatic N) is 1. The van der Waals surface area contributed by atoms with E-state index in [9.17, 15) is 4.79 Å². The van der Waals surface area contributed by atoms with Crippen molar-refractivity contribution in [3.63, 3.8) is 0 Å². The van der Waals surface area contributed by atoms with Crippen LogP contribution in [-0.2, 0) is 4.79 Å². The van der Waals surface area contributed by atoms with Crippen LogP contribution in [0.4, 0.5) is 0 Å². The van der Waals surface area contributed by atoms with Crippen molar-refractivity contribution in [1.29, 1.82) is 0 Å². The van der Waals surface area contributed by atoms with Gasteiger partial charge in [0.2, 0.25) is 0 Å². The van der Waals surface area contributed by atoms with Gasteiger partial charge in [-0.3, -0.25) is 9.69 Å². The van der Waals surface area contributed by atoms with Gasteiger partial charge in [0.25, 0.3) is 0 Å². The number of halogens is 1. The van der Waals surface area contributed by atoms with Gasteiger partial charge in [0, 0.05) is 17.5 Å². The van der Waals surface area contributed by atoms with Crippen molar-refractivity contribution in [1.82, 2.24) is 4.90 Å². The van der Waals surface area contributed by atoms with Crippen molar-refractivity contribution in [2.75, 3.05) is 19.6 Å². The lowest BCUT2D eigenvalue weighted by atomic mass is 9.81. The van der Waals surface area contributed by atoms with Crippen LogP contribution in [0.1, 0.15) is 17.9 Å². The summed E-state index contributed by atoms with van der Waals surface area (Å²) in [6.45, 7) is 2.66. The van der Waals surface area contributed by atoms with E-state index in [4.69, 9.17) is 11.6 Å². The first-order valence-electron chi connectivity index (χ1n) is 5.74. The Morgan fingerprint density at radius 1 is 1.19 bits per heavy atom. The minimum Gasteiger partial charge on any atom is -0.298 e. The number of rotatable bonds is 1. The first-order valence-corrected chi connectivity index (χ1v) is 6.12. The number of carbonyl (C=O) groups is 1. The number of benzene rings is 1. The molecule has 2 heterocycles. The van der Waals surface area contributed by atoms with Crippen LogP contribution in [0.5, 0.6) is 0 Å². The van der Waals surface area contributed by atoms with Gasteiger partial charge in [-0.25, -0.2) is 0 Å². The average Bonchev–Trinajstić information content (AvgIpc) is 2.57. The summed E-state index contributed by atoms with van der Waals surface area (Å²) in [4.78, 5) is 14.1. The van der Waals surface area contributed by atoms with E-state index >= 15 is 0 Å². The van der Waals surface area contributed by atoms with Crippen LogP contribution in [0.25, 0.3) is 0 Å². The van der Waals surface area contributed by atoms with Gasteiger partial charge >= 0.3 is 0 Å². The lowest BCUT2D eigenvalue weighted by Crippen LogP contribution is -2.31. The van der Waals surface area contributed by atoms with Crippen LogP contribution < -0.4 is 0 Å². The van der Waals surface area contributed by atoms with E-state index in [-0.39, 0.29) is 5.92 Å². The van der Waals surface area contributed by atoms with Crippen molar-refractivity contribution in [3.8, 4) is 0 Å². The second-order valence-corrected chi connectivity index (χ2v) is 5.19. The molecule has 0 radical (unpaired) electrons. The molecule has 84 valence electrons. The molecule has 0 aliphatic carbocycles. The molecule has 0 amide bonds. The van der Waals surface area contributed by atoms with Gasteiger partial charge in [-0.2, -0.15) is 0 Å². The number of Topliss-reactive ketones (excluding diaryl/α,β-unsaturated/α-hetero) is 1. The lowest BCUT2D eigenvalue weighted by Gasteiger charge is -2.29. The van der Waals surface area contributed by atoms with Crippen molar-refractivity contribution < 1.29 is 4.79 Å². The van der Waals surface area contributed by atoms with Crippen LogP contribution in [0.3, 0.4) is 0 Å². The summed E-state index contributed by atoms with van der Waals surface area (Å²) < 4.78 is 0. The Morgan fingerprint density at radius 3 is 2.69 bits per heavy atom. The van der Waals surface area contributed by atoms with E-state index in [0.717, 1.165) is 24.5 Å². The number of ketones is 1. The maximum atomic E-state index is 11.8. The molecule has 2 saturated heterocycles. The highest BCUT2D eigenvalue weighted by Crippen LogP contribution is 2.37. The van der Waals surface area contributed by atoms with Crippen molar-refractivity contribution in [3.05, 3.63) is 34.9 Å². The molecule has 16 heavy (non-hydrogen) atoms. The van der Waals surface area contributed by atoms with Gasteiger partial charge in [-0.05, 0) is 36.6 Å². The highest BCUT2D eigenvalue weighted by atomic mass is 35.5. The van der Waals surface area contributed by atoms with E-state index in [1.165, 1.54) is 5.56 Å². The molecular weight excluding hydrogens is 222 g/mol. The Balaban J connectivity index is 1.89. The Labute approximate surface area is 100 Å². The average molecular weight is 236 g/mol. The van der Waals surface area contributed by atoms with Gasteiger partial charge in [0.1, 0.15) is 0 Å². The Bertz CT molecular complexity index is 414. The van der Waals surface area contributed by atoms with Gasteiger partial charge in [0.05, 0.1) is 6.54 Å². The van der Waals surface area contributed by atoms with Crippen molar-refractivity contribution in [2.24, 2.45) is 5.92 Å². The quantitative estimate of drug-likeness (QED) is 0.745. The molecule has 2 nitrogen and oxygen atoms in total. The van der Waals surface area contributed by atoms with Gasteiger partial charge in [0.15, 0.2) is 5.78 Å². The minimum atomic E-state index is 0.218. The molecule has 1 aromatic carbocycles. The van der Waals surface area contributed by atoms with Gasteiger partial charge in [-0.15, -0.1) is 0 Å². The van der Waals surface area contributed by atoms with Crippen LogP contribution in [-0.4, -0.2) is 30.3 Å². The first-order chi connectivity index (χ1) is 7.74. The Hall–Kier alpha value is -0.860. The molecule has 0 spiro atoms. The first kappa shape index (κ1) is 10.3. The number of hydrogen-bond acceptors (Lipinski definition) is 2. The van der Waals surface area contributed by atoms with E-state index in [0.29, 0.717) is 18.2 Å². The lowest BCUT2D eigenvalue weighted by molar-refractivity contribution is -0.120. The summed E-state index contributed by atoms with van der Waals surface area (Å²) in [5.41, 5.74) is 1.27. The predicted octanol–water partition coefficient (Wildman–Crippen LogP) is 2.33.